The number of rotatable bonds is 4. The first kappa shape index (κ1) is 28.8. The molecular weight excluding hydrogens is 548 g/mol. The first-order chi connectivity index (χ1) is 16.2. The Morgan fingerprint density at radius 3 is 1.56 bits per heavy atom. The van der Waals surface area contributed by atoms with Crippen molar-refractivity contribution in [2.24, 2.45) is 0 Å². The molecule has 1 aliphatic heterocycles. The standard InChI is InChI=1S/C17H25NO4.C6HCl5O/c1-20-14-11-13(12-15(21-2)16(14)22-3)17(19)18-9-7-5-4-6-8-10-18;7-1-2(8)4(10)6(12)5(11)3(1)9/h11-12H,4-10H2,1-3H3;12H. The van der Waals surface area contributed by atoms with Gasteiger partial charge in [0.2, 0.25) is 5.75 Å². The average Bonchev–Trinajstić information content (AvgIpc) is 2.84. The minimum Gasteiger partial charge on any atom is -0.505 e. The van der Waals surface area contributed by atoms with Crippen molar-refractivity contribution in [3.05, 3.63) is 42.8 Å². The summed E-state index contributed by atoms with van der Waals surface area (Å²) in [6.45, 7) is 1.63. The van der Waals surface area contributed by atoms with E-state index in [0.29, 0.717) is 22.8 Å². The van der Waals surface area contributed by atoms with Crippen LogP contribution in [0.5, 0.6) is 23.0 Å². The van der Waals surface area contributed by atoms with Gasteiger partial charge in [0.1, 0.15) is 10.0 Å². The van der Waals surface area contributed by atoms with Crippen LogP contribution in [0.4, 0.5) is 0 Å². The first-order valence-corrected chi connectivity index (χ1v) is 12.4. The number of hydrogen-bond acceptors (Lipinski definition) is 5. The molecule has 11 heteroatoms. The van der Waals surface area contributed by atoms with Gasteiger partial charge in [-0.15, -0.1) is 0 Å². The molecule has 0 bridgehead atoms. The van der Waals surface area contributed by atoms with Crippen LogP contribution in [0.3, 0.4) is 0 Å². The Morgan fingerprint density at radius 1 is 0.735 bits per heavy atom. The zero-order valence-electron chi connectivity index (χ0n) is 19.0. The number of amides is 1. The normalized spacial score (nSPS) is 13.8. The van der Waals surface area contributed by atoms with Gasteiger partial charge in [0.05, 0.1) is 36.4 Å². The highest BCUT2D eigenvalue weighted by Gasteiger charge is 2.21. The van der Waals surface area contributed by atoms with Gasteiger partial charge in [-0.05, 0) is 25.0 Å². The SMILES string of the molecule is COc1cc(C(=O)N2CCCCCCC2)cc(OC)c1OC.Oc1c(Cl)c(Cl)c(Cl)c(Cl)c1Cl. The van der Waals surface area contributed by atoms with Crippen LogP contribution in [0.25, 0.3) is 0 Å². The molecule has 0 atom stereocenters. The molecule has 0 radical (unpaired) electrons. The Balaban J connectivity index is 0.000000287. The number of halogens is 5. The molecule has 1 heterocycles. The minimum atomic E-state index is -0.363. The Labute approximate surface area is 224 Å². The molecule has 2 aromatic rings. The summed E-state index contributed by atoms with van der Waals surface area (Å²) in [5, 5.41) is 9.01. The molecule has 34 heavy (non-hydrogen) atoms. The summed E-state index contributed by atoms with van der Waals surface area (Å²) in [5.41, 5.74) is 0.579. The van der Waals surface area contributed by atoms with Gasteiger partial charge >= 0.3 is 0 Å². The van der Waals surface area contributed by atoms with E-state index in [9.17, 15) is 9.90 Å². The lowest BCUT2D eigenvalue weighted by molar-refractivity contribution is 0.0741. The van der Waals surface area contributed by atoms with E-state index in [1.807, 2.05) is 4.90 Å². The summed E-state index contributed by atoms with van der Waals surface area (Å²) < 4.78 is 16.0. The van der Waals surface area contributed by atoms with Crippen molar-refractivity contribution in [2.75, 3.05) is 34.4 Å². The van der Waals surface area contributed by atoms with Crippen molar-refractivity contribution in [2.45, 2.75) is 32.1 Å². The van der Waals surface area contributed by atoms with E-state index in [1.54, 1.807) is 33.5 Å². The molecule has 1 saturated heterocycles. The van der Waals surface area contributed by atoms with Gasteiger partial charge in [-0.2, -0.15) is 0 Å². The lowest BCUT2D eigenvalue weighted by Gasteiger charge is -2.25. The maximum Gasteiger partial charge on any atom is 0.254 e. The van der Waals surface area contributed by atoms with Crippen molar-refractivity contribution < 1.29 is 24.1 Å². The third-order valence-corrected chi connectivity index (χ3v) is 7.50. The molecule has 6 nitrogen and oxygen atoms in total. The molecule has 1 N–H and O–H groups in total. The van der Waals surface area contributed by atoms with Crippen molar-refractivity contribution in [3.63, 3.8) is 0 Å². The van der Waals surface area contributed by atoms with Gasteiger partial charge in [0, 0.05) is 18.7 Å². The van der Waals surface area contributed by atoms with Gasteiger partial charge in [0.15, 0.2) is 17.2 Å². The second kappa shape index (κ2) is 13.6. The first-order valence-electron chi connectivity index (χ1n) is 10.5. The molecule has 1 amide bonds. The van der Waals surface area contributed by atoms with Gasteiger partial charge < -0.3 is 24.2 Å². The topological polar surface area (TPSA) is 68.2 Å². The van der Waals surface area contributed by atoms with Crippen LogP contribution in [0.15, 0.2) is 12.1 Å². The minimum absolute atomic E-state index is 0.00904. The highest BCUT2D eigenvalue weighted by molar-refractivity contribution is 6.55. The third-order valence-electron chi connectivity index (χ3n) is 5.24. The predicted molar refractivity (Wildman–Crippen MR) is 138 cm³/mol. The number of benzene rings is 2. The summed E-state index contributed by atoms with van der Waals surface area (Å²) >= 11 is 27.9. The van der Waals surface area contributed by atoms with Crippen LogP contribution in [-0.4, -0.2) is 50.3 Å². The molecule has 1 fully saturated rings. The molecule has 0 aromatic heterocycles. The van der Waals surface area contributed by atoms with Crippen molar-refractivity contribution >= 4 is 63.9 Å². The quantitative estimate of drug-likeness (QED) is 0.299. The Kier molecular flexibility index (Phi) is 11.5. The fraction of sp³-hybridized carbons (Fsp3) is 0.435. The Bertz CT molecular complexity index is 880. The number of carbonyl (C=O) groups excluding carboxylic acids is 1. The molecule has 1 aliphatic rings. The number of hydrogen-bond donors (Lipinski definition) is 1. The van der Waals surface area contributed by atoms with E-state index in [1.165, 1.54) is 19.3 Å². The number of likely N-dealkylation sites (tertiary alicyclic amines) is 1. The second-order valence-electron chi connectivity index (χ2n) is 7.39. The average molecular weight is 574 g/mol. The number of carbonyl (C=O) groups is 1. The monoisotopic (exact) mass is 571 g/mol. The third kappa shape index (κ3) is 6.82. The number of aromatic hydroxyl groups is 1. The van der Waals surface area contributed by atoms with Crippen molar-refractivity contribution in [3.8, 4) is 23.0 Å². The molecule has 0 spiro atoms. The maximum atomic E-state index is 12.8. The van der Waals surface area contributed by atoms with Crippen molar-refractivity contribution in [1.29, 1.82) is 0 Å². The van der Waals surface area contributed by atoms with Gasteiger partial charge in [-0.25, -0.2) is 0 Å². The highest BCUT2D eigenvalue weighted by Crippen LogP contribution is 2.47. The fourth-order valence-electron chi connectivity index (χ4n) is 3.43. The number of methoxy groups -OCH3 is 3. The van der Waals surface area contributed by atoms with E-state index in [4.69, 9.17) is 72.2 Å². The lowest BCUT2D eigenvalue weighted by atomic mass is 10.1. The molecular formula is C23H26Cl5NO5. The van der Waals surface area contributed by atoms with Crippen LogP contribution < -0.4 is 14.2 Å². The second-order valence-corrected chi connectivity index (χ2v) is 9.28. The number of phenols is 1. The van der Waals surface area contributed by atoms with E-state index in [0.717, 1.165) is 25.9 Å². The number of nitrogens with zero attached hydrogens (tertiary/aromatic N) is 1. The maximum absolute atomic E-state index is 12.8. The Hall–Kier alpha value is -1.44. The fourth-order valence-corrected chi connectivity index (χ4v) is 4.56. The molecule has 2 aromatic carbocycles. The summed E-state index contributed by atoms with van der Waals surface area (Å²) in [6.07, 6.45) is 5.79. The molecule has 0 aliphatic carbocycles. The highest BCUT2D eigenvalue weighted by atomic mass is 35.5. The van der Waals surface area contributed by atoms with E-state index >= 15 is 0 Å². The summed E-state index contributed by atoms with van der Waals surface area (Å²) in [5.74, 6) is 1.20. The van der Waals surface area contributed by atoms with Crippen molar-refractivity contribution in [1.82, 2.24) is 4.90 Å². The number of phenolic OH excluding ortho intramolecular Hbond substituents is 1. The van der Waals surface area contributed by atoms with Crippen LogP contribution in [-0.2, 0) is 0 Å². The molecule has 188 valence electrons. The molecule has 3 rings (SSSR count). The zero-order valence-corrected chi connectivity index (χ0v) is 22.8. The van der Waals surface area contributed by atoms with Crippen LogP contribution in [0.2, 0.25) is 25.1 Å². The van der Waals surface area contributed by atoms with Crippen LogP contribution in [0.1, 0.15) is 42.5 Å². The summed E-state index contributed by atoms with van der Waals surface area (Å²) in [4.78, 5) is 14.7. The summed E-state index contributed by atoms with van der Waals surface area (Å²) in [7, 11) is 4.67. The van der Waals surface area contributed by atoms with E-state index in [-0.39, 0.29) is 36.8 Å². The predicted octanol–water partition coefficient (Wildman–Crippen LogP) is 7.78. The smallest absolute Gasteiger partial charge is 0.254 e. The van der Waals surface area contributed by atoms with Crippen LogP contribution in [0, 0.1) is 0 Å². The lowest BCUT2D eigenvalue weighted by Crippen LogP contribution is -2.33. The molecule has 0 unspecified atom stereocenters. The van der Waals surface area contributed by atoms with Crippen LogP contribution >= 0.6 is 58.0 Å². The van der Waals surface area contributed by atoms with Gasteiger partial charge in [-0.1, -0.05) is 77.3 Å². The Morgan fingerprint density at radius 2 is 1.15 bits per heavy atom. The van der Waals surface area contributed by atoms with Gasteiger partial charge in [-0.3, -0.25) is 4.79 Å². The van der Waals surface area contributed by atoms with E-state index in [2.05, 4.69) is 0 Å². The van der Waals surface area contributed by atoms with Gasteiger partial charge in [0.25, 0.3) is 5.91 Å². The summed E-state index contributed by atoms with van der Waals surface area (Å²) in [6, 6.07) is 3.45. The molecule has 0 saturated carbocycles. The zero-order chi connectivity index (χ0) is 25.4. The number of ether oxygens (including phenoxy) is 3. The largest absolute Gasteiger partial charge is 0.505 e. The van der Waals surface area contributed by atoms with E-state index < -0.39 is 0 Å².